The number of hydrogen-bond acceptors (Lipinski definition) is 3. The average Bonchev–Trinajstić information content (AvgIpc) is 2.14. The van der Waals surface area contributed by atoms with Crippen LogP contribution in [0.1, 0.15) is 20.8 Å². The standard InChI is InChI=1S/C12H28N2O/c1-11(2)8-13-9-12(3)10-14(4)6-7-15-5/h11-13H,6-10H2,1-5H3. The summed E-state index contributed by atoms with van der Waals surface area (Å²) in [4.78, 5) is 2.32. The molecule has 0 amide bonds. The Labute approximate surface area is 95.2 Å². The van der Waals surface area contributed by atoms with Crippen LogP contribution in [0.25, 0.3) is 0 Å². The van der Waals surface area contributed by atoms with Gasteiger partial charge in [0.15, 0.2) is 0 Å². The summed E-state index contributed by atoms with van der Waals surface area (Å²) in [6.45, 7) is 12.0. The SMILES string of the molecule is COCCN(C)CC(C)CNCC(C)C. The largest absolute Gasteiger partial charge is 0.383 e. The van der Waals surface area contributed by atoms with Crippen molar-refractivity contribution in [2.45, 2.75) is 20.8 Å². The molecule has 0 radical (unpaired) electrons. The molecule has 1 unspecified atom stereocenters. The normalized spacial score (nSPS) is 13.8. The molecule has 0 spiro atoms. The highest BCUT2D eigenvalue weighted by Crippen LogP contribution is 1.97. The van der Waals surface area contributed by atoms with Crippen molar-refractivity contribution < 1.29 is 4.74 Å². The van der Waals surface area contributed by atoms with Crippen molar-refractivity contribution in [2.75, 3.05) is 46.9 Å². The van der Waals surface area contributed by atoms with Gasteiger partial charge in [-0.15, -0.1) is 0 Å². The molecule has 3 heteroatoms. The number of hydrogen-bond donors (Lipinski definition) is 1. The number of nitrogens with one attached hydrogen (secondary N) is 1. The molecule has 0 heterocycles. The first-order valence-corrected chi connectivity index (χ1v) is 5.94. The van der Waals surface area contributed by atoms with Crippen LogP contribution in [0.4, 0.5) is 0 Å². The molecule has 0 bridgehead atoms. The molecule has 92 valence electrons. The van der Waals surface area contributed by atoms with Gasteiger partial charge in [-0.3, -0.25) is 0 Å². The molecule has 0 rings (SSSR count). The van der Waals surface area contributed by atoms with Gasteiger partial charge < -0.3 is 15.0 Å². The quantitative estimate of drug-likeness (QED) is 0.631. The summed E-state index contributed by atoms with van der Waals surface area (Å²) < 4.78 is 5.05. The predicted octanol–water partition coefficient (Wildman–Crippen LogP) is 1.45. The van der Waals surface area contributed by atoms with Crippen molar-refractivity contribution in [3.8, 4) is 0 Å². The zero-order valence-corrected chi connectivity index (χ0v) is 11.0. The van der Waals surface area contributed by atoms with Crippen LogP contribution in [0.3, 0.4) is 0 Å². The fraction of sp³-hybridized carbons (Fsp3) is 1.00. The molecule has 1 atom stereocenters. The first-order chi connectivity index (χ1) is 7.06. The van der Waals surface area contributed by atoms with Crippen LogP contribution < -0.4 is 5.32 Å². The molecule has 0 fully saturated rings. The van der Waals surface area contributed by atoms with Gasteiger partial charge in [0.05, 0.1) is 6.61 Å². The third-order valence-electron chi connectivity index (χ3n) is 2.35. The Bertz CT molecular complexity index is 140. The van der Waals surface area contributed by atoms with E-state index in [1.54, 1.807) is 7.11 Å². The smallest absolute Gasteiger partial charge is 0.0589 e. The van der Waals surface area contributed by atoms with Crippen molar-refractivity contribution in [1.82, 2.24) is 10.2 Å². The highest BCUT2D eigenvalue weighted by molar-refractivity contribution is 4.62. The summed E-state index contributed by atoms with van der Waals surface area (Å²) in [7, 11) is 3.90. The Balaban J connectivity index is 3.42. The highest BCUT2D eigenvalue weighted by atomic mass is 16.5. The van der Waals surface area contributed by atoms with E-state index in [-0.39, 0.29) is 0 Å². The maximum Gasteiger partial charge on any atom is 0.0589 e. The molecule has 0 aromatic heterocycles. The van der Waals surface area contributed by atoms with Crippen LogP contribution in [0.15, 0.2) is 0 Å². The summed E-state index contributed by atoms with van der Waals surface area (Å²) in [5.41, 5.74) is 0. The Morgan fingerprint density at radius 3 is 2.40 bits per heavy atom. The van der Waals surface area contributed by atoms with Crippen LogP contribution in [-0.4, -0.2) is 51.8 Å². The lowest BCUT2D eigenvalue weighted by molar-refractivity contribution is 0.153. The lowest BCUT2D eigenvalue weighted by Crippen LogP contribution is -2.33. The topological polar surface area (TPSA) is 24.5 Å². The first kappa shape index (κ1) is 14.9. The second-order valence-electron chi connectivity index (χ2n) is 4.91. The van der Waals surface area contributed by atoms with Gasteiger partial charge in [-0.1, -0.05) is 20.8 Å². The number of likely N-dealkylation sites (N-methyl/N-ethyl adjacent to an activating group) is 1. The second kappa shape index (κ2) is 9.13. The highest BCUT2D eigenvalue weighted by Gasteiger charge is 2.05. The van der Waals surface area contributed by atoms with E-state index in [0.29, 0.717) is 5.92 Å². The molecule has 0 saturated carbocycles. The summed E-state index contributed by atoms with van der Waals surface area (Å²) in [6, 6.07) is 0. The van der Waals surface area contributed by atoms with Gasteiger partial charge in [-0.2, -0.15) is 0 Å². The van der Waals surface area contributed by atoms with Gasteiger partial charge >= 0.3 is 0 Å². The third-order valence-corrected chi connectivity index (χ3v) is 2.35. The Kier molecular flexibility index (Phi) is 9.06. The van der Waals surface area contributed by atoms with Crippen molar-refractivity contribution in [3.05, 3.63) is 0 Å². The van der Waals surface area contributed by atoms with Crippen LogP contribution in [0.5, 0.6) is 0 Å². The van der Waals surface area contributed by atoms with Gasteiger partial charge in [0.1, 0.15) is 0 Å². The van der Waals surface area contributed by atoms with Crippen LogP contribution in [-0.2, 0) is 4.74 Å². The number of ether oxygens (including phenoxy) is 1. The van der Waals surface area contributed by atoms with E-state index in [1.807, 2.05) is 0 Å². The minimum absolute atomic E-state index is 0.700. The average molecular weight is 216 g/mol. The fourth-order valence-electron chi connectivity index (χ4n) is 1.55. The minimum atomic E-state index is 0.700. The maximum atomic E-state index is 5.05. The van der Waals surface area contributed by atoms with E-state index in [2.05, 4.69) is 38.0 Å². The van der Waals surface area contributed by atoms with Gasteiger partial charge in [0.2, 0.25) is 0 Å². The van der Waals surface area contributed by atoms with E-state index >= 15 is 0 Å². The number of nitrogens with zero attached hydrogens (tertiary/aromatic N) is 1. The van der Waals surface area contributed by atoms with Crippen LogP contribution in [0, 0.1) is 11.8 Å². The van der Waals surface area contributed by atoms with Crippen LogP contribution in [0.2, 0.25) is 0 Å². The summed E-state index contributed by atoms with van der Waals surface area (Å²) >= 11 is 0. The zero-order chi connectivity index (χ0) is 11.7. The Morgan fingerprint density at radius 1 is 1.20 bits per heavy atom. The fourth-order valence-corrected chi connectivity index (χ4v) is 1.55. The van der Waals surface area contributed by atoms with Gasteiger partial charge in [0, 0.05) is 20.2 Å². The molecular formula is C12H28N2O. The van der Waals surface area contributed by atoms with Gasteiger partial charge in [0.25, 0.3) is 0 Å². The Morgan fingerprint density at radius 2 is 1.87 bits per heavy atom. The monoisotopic (exact) mass is 216 g/mol. The second-order valence-corrected chi connectivity index (χ2v) is 4.91. The molecule has 0 aliphatic heterocycles. The zero-order valence-electron chi connectivity index (χ0n) is 11.0. The van der Waals surface area contributed by atoms with Crippen molar-refractivity contribution in [1.29, 1.82) is 0 Å². The Hall–Kier alpha value is -0.120. The lowest BCUT2D eigenvalue weighted by atomic mass is 10.1. The van der Waals surface area contributed by atoms with E-state index in [0.717, 1.165) is 38.7 Å². The minimum Gasteiger partial charge on any atom is -0.383 e. The number of rotatable bonds is 9. The lowest BCUT2D eigenvalue weighted by Gasteiger charge is -2.21. The number of methoxy groups -OCH3 is 1. The van der Waals surface area contributed by atoms with E-state index < -0.39 is 0 Å². The molecule has 0 saturated heterocycles. The van der Waals surface area contributed by atoms with Crippen LogP contribution >= 0.6 is 0 Å². The maximum absolute atomic E-state index is 5.05. The summed E-state index contributed by atoms with van der Waals surface area (Å²) in [6.07, 6.45) is 0. The molecule has 3 nitrogen and oxygen atoms in total. The van der Waals surface area contributed by atoms with Gasteiger partial charge in [-0.05, 0) is 32.0 Å². The molecule has 0 aliphatic rings. The molecule has 0 aromatic carbocycles. The molecule has 0 aliphatic carbocycles. The van der Waals surface area contributed by atoms with E-state index in [4.69, 9.17) is 4.74 Å². The molecular weight excluding hydrogens is 188 g/mol. The summed E-state index contributed by atoms with van der Waals surface area (Å²) in [5.74, 6) is 1.44. The van der Waals surface area contributed by atoms with Gasteiger partial charge in [-0.25, -0.2) is 0 Å². The van der Waals surface area contributed by atoms with Crippen molar-refractivity contribution in [2.24, 2.45) is 11.8 Å². The predicted molar refractivity (Wildman–Crippen MR) is 66.2 cm³/mol. The molecule has 1 N–H and O–H groups in total. The summed E-state index contributed by atoms with van der Waals surface area (Å²) in [5, 5.41) is 3.49. The third kappa shape index (κ3) is 10.2. The van der Waals surface area contributed by atoms with Crippen molar-refractivity contribution >= 4 is 0 Å². The van der Waals surface area contributed by atoms with E-state index in [1.165, 1.54) is 0 Å². The molecule has 15 heavy (non-hydrogen) atoms. The molecule has 0 aromatic rings. The van der Waals surface area contributed by atoms with E-state index in [9.17, 15) is 0 Å². The van der Waals surface area contributed by atoms with Crippen molar-refractivity contribution in [3.63, 3.8) is 0 Å². The first-order valence-electron chi connectivity index (χ1n) is 5.94.